The highest BCUT2D eigenvalue weighted by Crippen LogP contribution is 2.31. The van der Waals surface area contributed by atoms with Crippen molar-refractivity contribution in [1.82, 2.24) is 3.97 Å². The summed E-state index contributed by atoms with van der Waals surface area (Å²) in [7, 11) is 1.98. The number of ketones is 1. The first-order valence-corrected chi connectivity index (χ1v) is 10.0. The van der Waals surface area contributed by atoms with E-state index >= 15 is 0 Å². The Morgan fingerprint density at radius 3 is 2.37 bits per heavy atom. The number of nitroso groups, excluding NO2 is 1. The van der Waals surface area contributed by atoms with Crippen LogP contribution < -0.4 is 5.46 Å². The van der Waals surface area contributed by atoms with Gasteiger partial charge in [-0.1, -0.05) is 42.2 Å². The van der Waals surface area contributed by atoms with Crippen molar-refractivity contribution in [3.05, 3.63) is 52.7 Å². The van der Waals surface area contributed by atoms with E-state index in [1.165, 1.54) is 31.3 Å². The summed E-state index contributed by atoms with van der Waals surface area (Å²) in [5.74, 6) is -0.0594. The minimum Gasteiger partial charge on any atom is -0.300 e. The largest absolute Gasteiger partial charge is 0.300 e. The van der Waals surface area contributed by atoms with Gasteiger partial charge in [0.1, 0.15) is 19.7 Å². The highest BCUT2D eigenvalue weighted by molar-refractivity contribution is 7.90. The van der Waals surface area contributed by atoms with Crippen LogP contribution in [0.1, 0.15) is 38.4 Å². The fourth-order valence-corrected chi connectivity index (χ4v) is 4.53. The van der Waals surface area contributed by atoms with Crippen LogP contribution >= 0.6 is 0 Å². The van der Waals surface area contributed by atoms with Crippen molar-refractivity contribution in [3.8, 4) is 0 Å². The van der Waals surface area contributed by atoms with Crippen molar-refractivity contribution >= 4 is 29.1 Å². The number of carbonyl (C=O) groups is 1. The molecule has 142 valence electrons. The molecule has 1 aromatic heterocycles. The standard InChI is InChI=1S/C19H23BN2O4S/c1-13-5-7-17(8-6-13)27(25,26)22-12-15(20)9-16(22)10-18(21-24)19(3,4)11-14(2)23/h5-9,12,18H,10-11H2,1-4H3. The number of carbonyl (C=O) groups excluding carboxylic acids is 1. The maximum absolute atomic E-state index is 13.0. The molecule has 2 aromatic rings. The molecule has 1 heterocycles. The molecule has 0 saturated heterocycles. The van der Waals surface area contributed by atoms with Gasteiger partial charge in [-0.05, 0) is 37.5 Å². The van der Waals surface area contributed by atoms with E-state index in [0.717, 1.165) is 9.54 Å². The summed E-state index contributed by atoms with van der Waals surface area (Å²) in [6, 6.07) is 7.23. The second-order valence-corrected chi connectivity index (χ2v) is 9.39. The SMILES string of the molecule is [B]c1cc(CC(N=O)C(C)(C)CC(C)=O)n(S(=O)(=O)c2ccc(C)cc2)c1. The van der Waals surface area contributed by atoms with Gasteiger partial charge in [-0.25, -0.2) is 12.4 Å². The van der Waals surface area contributed by atoms with E-state index in [1.54, 1.807) is 26.0 Å². The van der Waals surface area contributed by atoms with Crippen LogP contribution in [0.2, 0.25) is 0 Å². The minimum absolute atomic E-state index is 0.0594. The molecule has 6 nitrogen and oxygen atoms in total. The van der Waals surface area contributed by atoms with Gasteiger partial charge in [0, 0.05) is 24.7 Å². The summed E-state index contributed by atoms with van der Waals surface area (Å²) in [5.41, 5.74) is 0.867. The van der Waals surface area contributed by atoms with Crippen molar-refractivity contribution in [2.75, 3.05) is 0 Å². The van der Waals surface area contributed by atoms with Gasteiger partial charge in [0.15, 0.2) is 0 Å². The molecular formula is C19H23BN2O4S. The second kappa shape index (κ2) is 7.80. The van der Waals surface area contributed by atoms with E-state index in [1.807, 2.05) is 6.92 Å². The number of nitrogens with zero attached hydrogens (tertiary/aromatic N) is 2. The first-order valence-electron chi connectivity index (χ1n) is 8.58. The smallest absolute Gasteiger partial charge is 0.267 e. The number of benzene rings is 1. The zero-order valence-corrected chi connectivity index (χ0v) is 16.8. The zero-order valence-electron chi connectivity index (χ0n) is 16.0. The van der Waals surface area contributed by atoms with E-state index in [4.69, 9.17) is 7.85 Å². The summed E-state index contributed by atoms with van der Waals surface area (Å²) in [5, 5.41) is 3.17. The predicted octanol–water partition coefficient (Wildman–Crippen LogP) is 2.51. The highest BCUT2D eigenvalue weighted by Gasteiger charge is 2.34. The quantitative estimate of drug-likeness (QED) is 0.515. The molecule has 2 rings (SSSR count). The summed E-state index contributed by atoms with van der Waals surface area (Å²) in [6.45, 7) is 6.86. The van der Waals surface area contributed by atoms with E-state index in [0.29, 0.717) is 5.69 Å². The van der Waals surface area contributed by atoms with Gasteiger partial charge in [-0.2, -0.15) is 4.91 Å². The average molecular weight is 386 g/mol. The number of hydrogen-bond donors (Lipinski definition) is 0. The van der Waals surface area contributed by atoms with Gasteiger partial charge < -0.3 is 4.79 Å². The Morgan fingerprint density at radius 2 is 1.85 bits per heavy atom. The Hall–Kier alpha value is -2.22. The first-order chi connectivity index (χ1) is 12.5. The number of rotatable bonds is 8. The van der Waals surface area contributed by atoms with Crippen LogP contribution in [0.25, 0.3) is 0 Å². The van der Waals surface area contributed by atoms with Gasteiger partial charge in [-0.3, -0.25) is 0 Å². The molecule has 0 aliphatic rings. The third kappa shape index (κ3) is 4.74. The lowest BCUT2D eigenvalue weighted by Gasteiger charge is -2.28. The van der Waals surface area contributed by atoms with E-state index < -0.39 is 21.5 Å². The van der Waals surface area contributed by atoms with Crippen molar-refractivity contribution in [2.45, 2.75) is 51.5 Å². The molecule has 0 N–H and O–H groups in total. The Labute approximate surface area is 161 Å². The third-order valence-corrected chi connectivity index (χ3v) is 6.32. The predicted molar refractivity (Wildman–Crippen MR) is 106 cm³/mol. The molecule has 8 heteroatoms. The van der Waals surface area contributed by atoms with E-state index in [9.17, 15) is 18.1 Å². The Morgan fingerprint density at radius 1 is 1.26 bits per heavy atom. The Balaban J connectivity index is 2.44. The van der Waals surface area contributed by atoms with Crippen LogP contribution in [-0.4, -0.2) is 32.1 Å². The van der Waals surface area contributed by atoms with Gasteiger partial charge in [-0.15, -0.1) is 0 Å². The Bertz CT molecular complexity index is 947. The highest BCUT2D eigenvalue weighted by atomic mass is 32.2. The van der Waals surface area contributed by atoms with Crippen LogP contribution in [0.15, 0.2) is 46.6 Å². The van der Waals surface area contributed by atoms with Crippen molar-refractivity contribution in [1.29, 1.82) is 0 Å². The van der Waals surface area contributed by atoms with Crippen molar-refractivity contribution in [3.63, 3.8) is 0 Å². The number of Topliss-reactive ketones (excluding diaryl/α,β-unsaturated/α-hetero) is 1. The van der Waals surface area contributed by atoms with Gasteiger partial charge in [0.2, 0.25) is 0 Å². The molecule has 0 aliphatic carbocycles. The third-order valence-electron chi connectivity index (χ3n) is 4.60. The topological polar surface area (TPSA) is 85.6 Å². The molecule has 0 saturated carbocycles. The monoisotopic (exact) mass is 386 g/mol. The molecule has 1 atom stereocenters. The molecule has 0 bridgehead atoms. The summed E-state index contributed by atoms with van der Waals surface area (Å²) < 4.78 is 27.1. The molecule has 1 unspecified atom stereocenters. The summed E-state index contributed by atoms with van der Waals surface area (Å²) in [4.78, 5) is 23.1. The Kier molecular flexibility index (Phi) is 6.09. The van der Waals surface area contributed by atoms with Crippen LogP contribution in [-0.2, 0) is 21.2 Å². The average Bonchev–Trinajstić information content (AvgIpc) is 2.93. The fourth-order valence-electron chi connectivity index (χ4n) is 3.12. The lowest BCUT2D eigenvalue weighted by molar-refractivity contribution is -0.119. The van der Waals surface area contributed by atoms with Crippen LogP contribution in [0.4, 0.5) is 0 Å². The number of aryl methyl sites for hydroxylation is 1. The second-order valence-electron chi connectivity index (χ2n) is 7.57. The molecule has 27 heavy (non-hydrogen) atoms. The molecule has 1 aromatic carbocycles. The molecule has 2 radical (unpaired) electrons. The lowest BCUT2D eigenvalue weighted by atomic mass is 9.78. The fraction of sp³-hybridized carbons (Fsp3) is 0.421. The zero-order chi connectivity index (χ0) is 20.4. The first kappa shape index (κ1) is 21.1. The van der Waals surface area contributed by atoms with Crippen LogP contribution in [0, 0.1) is 17.2 Å². The van der Waals surface area contributed by atoms with E-state index in [2.05, 4.69) is 5.18 Å². The summed E-state index contributed by atoms with van der Waals surface area (Å²) in [6.07, 6.45) is 1.56. The molecule has 0 aliphatic heterocycles. The minimum atomic E-state index is -3.86. The van der Waals surface area contributed by atoms with Gasteiger partial charge in [0.05, 0.1) is 4.90 Å². The number of aromatic nitrogens is 1. The van der Waals surface area contributed by atoms with E-state index in [-0.39, 0.29) is 29.0 Å². The maximum atomic E-state index is 13.0. The molecule has 0 fully saturated rings. The molecule has 0 spiro atoms. The maximum Gasteiger partial charge on any atom is 0.267 e. The van der Waals surface area contributed by atoms with Gasteiger partial charge in [0.25, 0.3) is 10.0 Å². The van der Waals surface area contributed by atoms with Gasteiger partial charge >= 0.3 is 0 Å². The normalized spacial score (nSPS) is 13.3. The van der Waals surface area contributed by atoms with Crippen LogP contribution in [0.5, 0.6) is 0 Å². The molecule has 0 amide bonds. The van der Waals surface area contributed by atoms with Crippen LogP contribution in [0.3, 0.4) is 0 Å². The molecular weight excluding hydrogens is 363 g/mol. The lowest BCUT2D eigenvalue weighted by Crippen LogP contribution is -2.32. The van der Waals surface area contributed by atoms with Crippen molar-refractivity contribution < 1.29 is 13.2 Å². The number of hydrogen-bond acceptors (Lipinski definition) is 5. The van der Waals surface area contributed by atoms with Crippen molar-refractivity contribution in [2.24, 2.45) is 10.6 Å². The summed E-state index contributed by atoms with van der Waals surface area (Å²) >= 11 is 0.